The van der Waals surface area contributed by atoms with Gasteiger partial charge in [-0.2, -0.15) is 0 Å². The van der Waals surface area contributed by atoms with Gasteiger partial charge in [-0.05, 0) is 29.2 Å². The SMILES string of the molecule is CCC(CC)C(=O)N[C@H](CC(=O)O)c1cccc2ccccc12. The monoisotopic (exact) mass is 313 g/mol. The lowest BCUT2D eigenvalue weighted by Gasteiger charge is -2.22. The van der Waals surface area contributed by atoms with Crippen LogP contribution in [-0.4, -0.2) is 17.0 Å². The zero-order valence-corrected chi connectivity index (χ0v) is 13.6. The molecule has 0 bridgehead atoms. The van der Waals surface area contributed by atoms with Gasteiger partial charge in [0.2, 0.25) is 5.91 Å². The molecule has 0 spiro atoms. The van der Waals surface area contributed by atoms with Crippen molar-refractivity contribution in [2.24, 2.45) is 5.92 Å². The number of rotatable bonds is 7. The molecule has 1 amide bonds. The van der Waals surface area contributed by atoms with Gasteiger partial charge in [-0.15, -0.1) is 0 Å². The van der Waals surface area contributed by atoms with Crippen molar-refractivity contribution in [2.75, 3.05) is 0 Å². The van der Waals surface area contributed by atoms with Crippen LogP contribution in [0.5, 0.6) is 0 Å². The fraction of sp³-hybridized carbons (Fsp3) is 0.368. The van der Waals surface area contributed by atoms with Gasteiger partial charge in [0, 0.05) is 5.92 Å². The quantitative estimate of drug-likeness (QED) is 0.814. The number of hydrogen-bond donors (Lipinski definition) is 2. The number of carbonyl (C=O) groups excluding carboxylic acids is 1. The van der Waals surface area contributed by atoms with Crippen LogP contribution in [-0.2, 0) is 9.59 Å². The summed E-state index contributed by atoms with van der Waals surface area (Å²) in [7, 11) is 0. The molecule has 23 heavy (non-hydrogen) atoms. The molecule has 0 aliphatic rings. The van der Waals surface area contributed by atoms with Gasteiger partial charge in [0.25, 0.3) is 0 Å². The van der Waals surface area contributed by atoms with E-state index in [-0.39, 0.29) is 18.2 Å². The first-order valence-electron chi connectivity index (χ1n) is 8.06. The standard InChI is InChI=1S/C19H23NO3/c1-3-13(4-2)19(23)20-17(12-18(21)22)16-11-7-9-14-8-5-6-10-15(14)16/h5-11,13,17H,3-4,12H2,1-2H3,(H,20,23)(H,21,22)/t17-/m1/s1. The maximum atomic E-state index is 12.4. The third-order valence-electron chi connectivity index (χ3n) is 4.25. The Balaban J connectivity index is 2.37. The molecule has 0 aliphatic heterocycles. The number of amides is 1. The summed E-state index contributed by atoms with van der Waals surface area (Å²) < 4.78 is 0. The highest BCUT2D eigenvalue weighted by Crippen LogP contribution is 2.27. The Morgan fingerprint density at radius 1 is 1.04 bits per heavy atom. The van der Waals surface area contributed by atoms with Crippen molar-refractivity contribution in [3.05, 3.63) is 48.0 Å². The molecule has 2 aromatic rings. The molecule has 4 nitrogen and oxygen atoms in total. The molecule has 0 saturated carbocycles. The number of nitrogens with one attached hydrogen (secondary N) is 1. The number of fused-ring (bicyclic) bond motifs is 1. The molecule has 4 heteroatoms. The van der Waals surface area contributed by atoms with Gasteiger partial charge in [0.15, 0.2) is 0 Å². The van der Waals surface area contributed by atoms with E-state index in [2.05, 4.69) is 5.32 Å². The lowest BCUT2D eigenvalue weighted by Crippen LogP contribution is -2.34. The predicted octanol–water partition coefficient (Wildman–Crippen LogP) is 3.91. The summed E-state index contributed by atoms with van der Waals surface area (Å²) in [6.07, 6.45) is 1.37. The second-order valence-electron chi connectivity index (χ2n) is 5.74. The molecule has 0 fully saturated rings. The fourth-order valence-electron chi connectivity index (χ4n) is 2.92. The second-order valence-corrected chi connectivity index (χ2v) is 5.74. The molecular formula is C19H23NO3. The molecule has 2 N–H and O–H groups in total. The van der Waals surface area contributed by atoms with E-state index in [0.717, 1.165) is 29.2 Å². The molecule has 0 aromatic heterocycles. The van der Waals surface area contributed by atoms with E-state index in [1.165, 1.54) is 0 Å². The first-order chi connectivity index (χ1) is 11.1. The van der Waals surface area contributed by atoms with Gasteiger partial charge in [-0.3, -0.25) is 9.59 Å². The first kappa shape index (κ1) is 17.0. The number of hydrogen-bond acceptors (Lipinski definition) is 2. The Bertz CT molecular complexity index is 687. The van der Waals surface area contributed by atoms with E-state index in [0.29, 0.717) is 0 Å². The summed E-state index contributed by atoms with van der Waals surface area (Å²) in [6.45, 7) is 3.94. The Labute approximate surface area is 136 Å². The van der Waals surface area contributed by atoms with Crippen LogP contribution >= 0.6 is 0 Å². The van der Waals surface area contributed by atoms with Crippen molar-refractivity contribution in [1.82, 2.24) is 5.32 Å². The van der Waals surface area contributed by atoms with E-state index in [1.807, 2.05) is 56.3 Å². The van der Waals surface area contributed by atoms with E-state index < -0.39 is 12.0 Å². The summed E-state index contributed by atoms with van der Waals surface area (Å²) >= 11 is 0. The van der Waals surface area contributed by atoms with Crippen molar-refractivity contribution in [2.45, 2.75) is 39.2 Å². The lowest BCUT2D eigenvalue weighted by molar-refractivity contribution is -0.138. The molecule has 0 heterocycles. The normalized spacial score (nSPS) is 12.3. The molecule has 0 radical (unpaired) electrons. The maximum absolute atomic E-state index is 12.4. The van der Waals surface area contributed by atoms with Crippen LogP contribution in [0.3, 0.4) is 0 Å². The highest BCUT2D eigenvalue weighted by atomic mass is 16.4. The van der Waals surface area contributed by atoms with Gasteiger partial charge < -0.3 is 10.4 Å². The number of benzene rings is 2. The molecule has 0 unspecified atom stereocenters. The predicted molar refractivity (Wildman–Crippen MR) is 91.2 cm³/mol. The topological polar surface area (TPSA) is 66.4 Å². The summed E-state index contributed by atoms with van der Waals surface area (Å²) in [4.78, 5) is 23.7. The Hall–Kier alpha value is -2.36. The molecule has 0 aliphatic carbocycles. The summed E-state index contributed by atoms with van der Waals surface area (Å²) in [6, 6.07) is 13.1. The average molecular weight is 313 g/mol. The van der Waals surface area contributed by atoms with Crippen LogP contribution in [0.2, 0.25) is 0 Å². The molecule has 2 aromatic carbocycles. The van der Waals surface area contributed by atoms with Gasteiger partial charge >= 0.3 is 5.97 Å². The minimum Gasteiger partial charge on any atom is -0.481 e. The Morgan fingerprint density at radius 3 is 2.35 bits per heavy atom. The number of carboxylic acids is 1. The first-order valence-corrected chi connectivity index (χ1v) is 8.06. The van der Waals surface area contributed by atoms with Gasteiger partial charge in [-0.1, -0.05) is 56.3 Å². The van der Waals surface area contributed by atoms with Gasteiger partial charge in [0.05, 0.1) is 12.5 Å². The van der Waals surface area contributed by atoms with Crippen LogP contribution < -0.4 is 5.32 Å². The number of carbonyl (C=O) groups is 2. The summed E-state index contributed by atoms with van der Waals surface area (Å²) in [5.41, 5.74) is 0.852. The van der Waals surface area contributed by atoms with Crippen LogP contribution in [0.4, 0.5) is 0 Å². The molecule has 0 saturated heterocycles. The van der Waals surface area contributed by atoms with Crippen LogP contribution in [0, 0.1) is 5.92 Å². The van der Waals surface area contributed by atoms with Crippen molar-refractivity contribution >= 4 is 22.6 Å². The molecule has 2 rings (SSSR count). The average Bonchev–Trinajstić information content (AvgIpc) is 2.54. The minimum absolute atomic E-state index is 0.0748. The van der Waals surface area contributed by atoms with E-state index in [1.54, 1.807) is 0 Å². The van der Waals surface area contributed by atoms with Crippen LogP contribution in [0.15, 0.2) is 42.5 Å². The fourth-order valence-corrected chi connectivity index (χ4v) is 2.92. The number of aliphatic carboxylic acids is 1. The smallest absolute Gasteiger partial charge is 0.305 e. The Kier molecular flexibility index (Phi) is 5.74. The zero-order chi connectivity index (χ0) is 16.8. The van der Waals surface area contributed by atoms with Gasteiger partial charge in [0.1, 0.15) is 0 Å². The number of carboxylic acid groups (broad SMARTS) is 1. The van der Waals surface area contributed by atoms with Crippen molar-refractivity contribution in [3.63, 3.8) is 0 Å². The minimum atomic E-state index is -0.923. The highest BCUT2D eigenvalue weighted by molar-refractivity contribution is 5.88. The van der Waals surface area contributed by atoms with Crippen molar-refractivity contribution in [1.29, 1.82) is 0 Å². The maximum Gasteiger partial charge on any atom is 0.305 e. The van der Waals surface area contributed by atoms with Gasteiger partial charge in [-0.25, -0.2) is 0 Å². The lowest BCUT2D eigenvalue weighted by atomic mass is 9.95. The third kappa shape index (κ3) is 4.09. The second kappa shape index (κ2) is 7.77. The molecular weight excluding hydrogens is 290 g/mol. The Morgan fingerprint density at radius 2 is 1.70 bits per heavy atom. The summed E-state index contributed by atoms with van der Waals surface area (Å²) in [5, 5.41) is 14.2. The third-order valence-corrected chi connectivity index (χ3v) is 4.25. The van der Waals surface area contributed by atoms with E-state index in [4.69, 9.17) is 0 Å². The van der Waals surface area contributed by atoms with Crippen LogP contribution in [0.1, 0.15) is 44.7 Å². The largest absolute Gasteiger partial charge is 0.481 e. The zero-order valence-electron chi connectivity index (χ0n) is 13.6. The van der Waals surface area contributed by atoms with Crippen LogP contribution in [0.25, 0.3) is 10.8 Å². The molecule has 1 atom stereocenters. The summed E-state index contributed by atoms with van der Waals surface area (Å²) in [5.74, 6) is -1.08. The highest BCUT2D eigenvalue weighted by Gasteiger charge is 2.23. The van der Waals surface area contributed by atoms with Crippen molar-refractivity contribution < 1.29 is 14.7 Å². The van der Waals surface area contributed by atoms with E-state index >= 15 is 0 Å². The van der Waals surface area contributed by atoms with E-state index in [9.17, 15) is 14.7 Å². The van der Waals surface area contributed by atoms with Crippen molar-refractivity contribution in [3.8, 4) is 0 Å². The molecule has 122 valence electrons.